The molecule has 0 saturated carbocycles. The smallest absolute Gasteiger partial charge is 0.346 e. The molecule has 0 radical (unpaired) electrons. The van der Waals surface area contributed by atoms with Crippen molar-refractivity contribution in [1.29, 1.82) is 0 Å². The van der Waals surface area contributed by atoms with Gasteiger partial charge >= 0.3 is 11.9 Å². The second-order valence-electron chi connectivity index (χ2n) is 7.42. The van der Waals surface area contributed by atoms with Crippen LogP contribution in [0.15, 0.2) is 60.7 Å². The van der Waals surface area contributed by atoms with E-state index in [1.807, 2.05) is 65.6 Å². The normalized spacial score (nSPS) is 22.5. The van der Waals surface area contributed by atoms with Crippen LogP contribution in [-0.4, -0.2) is 43.4 Å². The van der Waals surface area contributed by atoms with Crippen LogP contribution in [0.2, 0.25) is 0 Å². The molecule has 2 aromatic rings. The van der Waals surface area contributed by atoms with E-state index in [1.165, 1.54) is 7.11 Å². The van der Waals surface area contributed by atoms with Crippen molar-refractivity contribution < 1.29 is 23.8 Å². The number of anilines is 1. The minimum absolute atomic E-state index is 0.137. The quantitative estimate of drug-likeness (QED) is 0.508. The minimum Gasteiger partial charge on any atom is -0.464 e. The van der Waals surface area contributed by atoms with E-state index in [-0.39, 0.29) is 19.3 Å². The first-order valence-corrected chi connectivity index (χ1v) is 10.2. The average Bonchev–Trinajstić information content (AvgIpc) is 3.06. The molecule has 0 N–H and O–H groups in total. The van der Waals surface area contributed by atoms with Crippen LogP contribution in [0.25, 0.3) is 0 Å². The van der Waals surface area contributed by atoms with Crippen molar-refractivity contribution >= 4 is 17.6 Å². The second-order valence-corrected chi connectivity index (χ2v) is 7.42. The molecular formula is C24H29NO5. The molecule has 2 atom stereocenters. The summed E-state index contributed by atoms with van der Waals surface area (Å²) in [5.74, 6) is -1.34. The summed E-state index contributed by atoms with van der Waals surface area (Å²) in [7, 11) is 1.52. The minimum atomic E-state index is -1.80. The van der Waals surface area contributed by atoms with Gasteiger partial charge in [-0.1, -0.05) is 48.5 Å². The van der Waals surface area contributed by atoms with Crippen LogP contribution < -0.4 is 4.90 Å². The van der Waals surface area contributed by atoms with Gasteiger partial charge in [-0.25, -0.2) is 9.59 Å². The van der Waals surface area contributed by atoms with Crippen molar-refractivity contribution in [2.75, 3.05) is 25.2 Å². The van der Waals surface area contributed by atoms with Gasteiger partial charge in [-0.3, -0.25) is 0 Å². The fraction of sp³-hybridized carbons (Fsp3) is 0.417. The molecule has 2 aromatic carbocycles. The number of nitrogens with zero attached hydrogens (tertiary/aromatic N) is 1. The Labute approximate surface area is 177 Å². The maximum atomic E-state index is 13.6. The molecule has 1 aliphatic heterocycles. The molecule has 160 valence electrons. The van der Waals surface area contributed by atoms with Crippen molar-refractivity contribution in [3.05, 3.63) is 66.2 Å². The number of hydrogen-bond donors (Lipinski definition) is 0. The number of para-hydroxylation sites is 1. The number of esters is 2. The number of rotatable bonds is 7. The van der Waals surface area contributed by atoms with Gasteiger partial charge in [-0.05, 0) is 38.5 Å². The molecule has 1 heterocycles. The van der Waals surface area contributed by atoms with Gasteiger partial charge in [0.15, 0.2) is 0 Å². The van der Waals surface area contributed by atoms with E-state index in [2.05, 4.69) is 0 Å². The summed E-state index contributed by atoms with van der Waals surface area (Å²) in [4.78, 5) is 29.0. The van der Waals surface area contributed by atoms with Crippen molar-refractivity contribution in [1.82, 2.24) is 0 Å². The summed E-state index contributed by atoms with van der Waals surface area (Å²) in [5, 5.41) is 0. The van der Waals surface area contributed by atoms with E-state index in [4.69, 9.17) is 14.2 Å². The van der Waals surface area contributed by atoms with Crippen LogP contribution in [0, 0.1) is 0 Å². The molecule has 0 aromatic heterocycles. The van der Waals surface area contributed by atoms with E-state index < -0.39 is 23.1 Å². The van der Waals surface area contributed by atoms with E-state index in [9.17, 15) is 9.59 Å². The van der Waals surface area contributed by atoms with Crippen LogP contribution in [0.5, 0.6) is 0 Å². The topological polar surface area (TPSA) is 65.1 Å². The van der Waals surface area contributed by atoms with Crippen molar-refractivity contribution in [2.24, 2.45) is 0 Å². The lowest BCUT2D eigenvalue weighted by atomic mass is 9.80. The van der Waals surface area contributed by atoms with Crippen molar-refractivity contribution in [3.8, 4) is 0 Å². The fourth-order valence-electron chi connectivity index (χ4n) is 4.41. The monoisotopic (exact) mass is 411 g/mol. The Morgan fingerprint density at radius 3 is 1.90 bits per heavy atom. The molecule has 0 unspecified atom stereocenters. The largest absolute Gasteiger partial charge is 0.464 e. The summed E-state index contributed by atoms with van der Waals surface area (Å²) in [6.45, 7) is 5.49. The lowest BCUT2D eigenvalue weighted by Gasteiger charge is -2.44. The standard InChI is InChI=1S/C24H29NO5/c1-5-29-21(26)24(22(27)30-6-2)23(3,28-4)17-20(18-13-9-7-10-14-18)25(24)19-15-11-8-12-16-19/h7-16,20H,5-6,17H2,1-4H3/t20-,23-/m0/s1. The predicted molar refractivity (Wildman–Crippen MR) is 114 cm³/mol. The van der Waals surface area contributed by atoms with Crippen molar-refractivity contribution in [2.45, 2.75) is 44.4 Å². The SMILES string of the molecule is CCOC(=O)C1(C(=O)OCC)N(c2ccccc2)[C@H](c2ccccc2)C[C@]1(C)OC. The number of methoxy groups -OCH3 is 1. The summed E-state index contributed by atoms with van der Waals surface area (Å²) in [5.41, 5.74) is -1.29. The lowest BCUT2D eigenvalue weighted by molar-refractivity contribution is -0.177. The third kappa shape index (κ3) is 3.35. The van der Waals surface area contributed by atoms with Crippen LogP contribution >= 0.6 is 0 Å². The number of hydrogen-bond acceptors (Lipinski definition) is 6. The third-order valence-electron chi connectivity index (χ3n) is 5.83. The van der Waals surface area contributed by atoms with E-state index in [0.717, 1.165) is 5.56 Å². The van der Waals surface area contributed by atoms with Crippen LogP contribution in [0.4, 0.5) is 5.69 Å². The molecule has 1 saturated heterocycles. The molecule has 0 aliphatic carbocycles. The van der Waals surface area contributed by atoms with Gasteiger partial charge < -0.3 is 19.1 Å². The maximum absolute atomic E-state index is 13.6. The Kier molecular flexibility index (Phi) is 6.46. The number of ether oxygens (including phenoxy) is 3. The molecule has 0 spiro atoms. The van der Waals surface area contributed by atoms with Gasteiger partial charge in [0.2, 0.25) is 0 Å². The fourth-order valence-corrected chi connectivity index (χ4v) is 4.41. The third-order valence-corrected chi connectivity index (χ3v) is 5.83. The Balaban J connectivity index is 2.33. The Hall–Kier alpha value is -2.86. The highest BCUT2D eigenvalue weighted by molar-refractivity contribution is 6.11. The van der Waals surface area contributed by atoms with Crippen LogP contribution in [0.1, 0.15) is 38.8 Å². The molecule has 1 fully saturated rings. The predicted octanol–water partition coefficient (Wildman–Crippen LogP) is 3.91. The maximum Gasteiger partial charge on any atom is 0.346 e. The molecule has 6 heteroatoms. The molecule has 30 heavy (non-hydrogen) atoms. The molecule has 6 nitrogen and oxygen atoms in total. The highest BCUT2D eigenvalue weighted by Gasteiger charge is 2.72. The van der Waals surface area contributed by atoms with E-state index in [0.29, 0.717) is 12.1 Å². The first kappa shape index (κ1) is 21.8. The highest BCUT2D eigenvalue weighted by Crippen LogP contribution is 2.53. The molecule has 1 aliphatic rings. The summed E-state index contributed by atoms with van der Waals surface area (Å²) >= 11 is 0. The first-order chi connectivity index (χ1) is 14.5. The Morgan fingerprint density at radius 1 is 0.933 bits per heavy atom. The molecule has 0 bridgehead atoms. The molecule has 3 rings (SSSR count). The zero-order valence-corrected chi connectivity index (χ0v) is 18.0. The van der Waals surface area contributed by atoms with Gasteiger partial charge in [-0.15, -0.1) is 0 Å². The van der Waals surface area contributed by atoms with Gasteiger partial charge in [0.25, 0.3) is 5.54 Å². The highest BCUT2D eigenvalue weighted by atomic mass is 16.6. The van der Waals surface area contributed by atoms with Gasteiger partial charge in [0.1, 0.15) is 5.60 Å². The van der Waals surface area contributed by atoms with Gasteiger partial charge in [0, 0.05) is 19.2 Å². The summed E-state index contributed by atoms with van der Waals surface area (Å²) in [6.07, 6.45) is 0.403. The second kappa shape index (κ2) is 8.88. The van der Waals surface area contributed by atoms with Crippen LogP contribution in [0.3, 0.4) is 0 Å². The summed E-state index contributed by atoms with van der Waals surface area (Å²) in [6, 6.07) is 18.9. The molecular weight excluding hydrogens is 382 g/mol. The van der Waals surface area contributed by atoms with Crippen LogP contribution in [-0.2, 0) is 23.8 Å². The number of carbonyl (C=O) groups excluding carboxylic acids is 2. The molecule has 0 amide bonds. The first-order valence-electron chi connectivity index (χ1n) is 10.2. The lowest BCUT2D eigenvalue weighted by Crippen LogP contribution is -2.69. The number of benzene rings is 2. The zero-order valence-electron chi connectivity index (χ0n) is 18.0. The van der Waals surface area contributed by atoms with Crippen molar-refractivity contribution in [3.63, 3.8) is 0 Å². The van der Waals surface area contributed by atoms with E-state index >= 15 is 0 Å². The van der Waals surface area contributed by atoms with Gasteiger partial charge in [-0.2, -0.15) is 0 Å². The zero-order chi connectivity index (χ0) is 21.8. The van der Waals surface area contributed by atoms with E-state index in [1.54, 1.807) is 20.8 Å². The Morgan fingerprint density at radius 2 is 1.43 bits per heavy atom. The number of carbonyl (C=O) groups is 2. The summed E-state index contributed by atoms with van der Waals surface area (Å²) < 4.78 is 16.8. The van der Waals surface area contributed by atoms with Gasteiger partial charge in [0.05, 0.1) is 19.3 Å². The Bertz CT molecular complexity index is 852. The average molecular weight is 411 g/mol.